The number of aliphatic hydroxyl groups excluding tert-OH is 1. The maximum absolute atomic E-state index is 12.2. The number of β-amino-alcohol motifs (C(OH)–C–C–N with tert-alkyl or cyclic N) is 1. The summed E-state index contributed by atoms with van der Waals surface area (Å²) in [6.07, 6.45) is 5.52. The highest BCUT2D eigenvalue weighted by molar-refractivity contribution is 5.80. The third-order valence-corrected chi connectivity index (χ3v) is 6.62. The highest BCUT2D eigenvalue weighted by Gasteiger charge is 2.27. The predicted molar refractivity (Wildman–Crippen MR) is 136 cm³/mol. The van der Waals surface area contributed by atoms with Crippen LogP contribution in [-0.4, -0.2) is 71.1 Å². The zero-order chi connectivity index (χ0) is 25.7. The van der Waals surface area contributed by atoms with E-state index < -0.39 is 6.10 Å². The molecular formula is C26H32N6O4. The van der Waals surface area contributed by atoms with Gasteiger partial charge in [-0.3, -0.25) is 9.78 Å². The van der Waals surface area contributed by atoms with E-state index in [1.807, 2.05) is 0 Å². The third-order valence-electron chi connectivity index (χ3n) is 6.62. The molecule has 0 aliphatic carbocycles. The Kier molecular flexibility index (Phi) is 8.05. The summed E-state index contributed by atoms with van der Waals surface area (Å²) in [4.78, 5) is 18.7. The number of hydrogen-bond donors (Lipinski definition) is 3. The van der Waals surface area contributed by atoms with Crippen molar-refractivity contribution < 1.29 is 14.6 Å². The van der Waals surface area contributed by atoms with Crippen molar-refractivity contribution in [1.82, 2.24) is 19.8 Å². The van der Waals surface area contributed by atoms with Crippen molar-refractivity contribution in [3.8, 4) is 6.07 Å². The van der Waals surface area contributed by atoms with E-state index >= 15 is 0 Å². The molecule has 4 N–H and O–H groups in total. The zero-order valence-electron chi connectivity index (χ0n) is 20.4. The molecule has 0 unspecified atom stereocenters. The van der Waals surface area contributed by atoms with Gasteiger partial charge >= 0.3 is 0 Å². The summed E-state index contributed by atoms with van der Waals surface area (Å²) in [6, 6.07) is 5.31. The lowest BCUT2D eigenvalue weighted by molar-refractivity contribution is 0.0421. The van der Waals surface area contributed by atoms with E-state index in [9.17, 15) is 15.2 Å². The number of nitrogens with zero attached hydrogens (tertiary/aromatic N) is 4. The standard InChI is InChI=1S/C26H32N6O4/c1-17(11-23-24(13-28)36-10-9-35-23)14-29-20-6-8-32(16-22(20)33)7-5-19-18(12-27)15-30-21-3-4-25(34)31(2)26(19)21/h3-4,11,13,15,20,22,29,33H,1,5-10,14,16,28H2,2H3/b23-11+,24-13+/t20-,22+/m0/s1. The minimum absolute atomic E-state index is 0.0679. The minimum atomic E-state index is -0.554. The highest BCUT2D eigenvalue weighted by Crippen LogP contribution is 2.21. The molecule has 0 amide bonds. The Morgan fingerprint density at radius 2 is 2.17 bits per heavy atom. The van der Waals surface area contributed by atoms with Crippen LogP contribution >= 0.6 is 0 Å². The number of ether oxygens (including phenoxy) is 2. The monoisotopic (exact) mass is 492 g/mol. The quantitative estimate of drug-likeness (QED) is 0.509. The summed E-state index contributed by atoms with van der Waals surface area (Å²) < 4.78 is 12.6. The van der Waals surface area contributed by atoms with Gasteiger partial charge in [-0.25, -0.2) is 0 Å². The van der Waals surface area contributed by atoms with Crippen molar-refractivity contribution >= 4 is 11.0 Å². The average molecular weight is 493 g/mol. The molecule has 2 aromatic rings. The maximum atomic E-state index is 12.2. The Labute approximate surface area is 209 Å². The van der Waals surface area contributed by atoms with Gasteiger partial charge in [0.2, 0.25) is 0 Å². The van der Waals surface area contributed by atoms with E-state index in [2.05, 4.69) is 27.8 Å². The van der Waals surface area contributed by atoms with Gasteiger partial charge in [0.05, 0.1) is 22.7 Å². The number of nitrogens with one attached hydrogen (secondary N) is 1. The second-order valence-electron chi connectivity index (χ2n) is 9.02. The molecule has 0 saturated carbocycles. The normalized spacial score (nSPS) is 22.8. The number of fused-ring (bicyclic) bond motifs is 1. The predicted octanol–water partition coefficient (Wildman–Crippen LogP) is 0.659. The van der Waals surface area contributed by atoms with Crippen molar-refractivity contribution in [3.05, 3.63) is 75.8 Å². The van der Waals surface area contributed by atoms with Gasteiger partial charge in [0.1, 0.15) is 19.3 Å². The van der Waals surface area contributed by atoms with Crippen LogP contribution in [0.4, 0.5) is 0 Å². The van der Waals surface area contributed by atoms with Gasteiger partial charge in [0, 0.05) is 51.2 Å². The van der Waals surface area contributed by atoms with Gasteiger partial charge in [0.25, 0.3) is 5.56 Å². The average Bonchev–Trinajstić information content (AvgIpc) is 2.89. The number of piperidine rings is 1. The van der Waals surface area contributed by atoms with E-state index in [1.54, 1.807) is 30.0 Å². The lowest BCUT2D eigenvalue weighted by Gasteiger charge is -2.36. The molecule has 2 atom stereocenters. The van der Waals surface area contributed by atoms with Crippen LogP contribution in [0.25, 0.3) is 11.0 Å². The molecule has 2 aliphatic rings. The Morgan fingerprint density at radius 3 is 2.89 bits per heavy atom. The number of aromatic nitrogens is 2. The van der Waals surface area contributed by atoms with Crippen LogP contribution in [0.5, 0.6) is 0 Å². The fraction of sp³-hybridized carbons (Fsp3) is 0.423. The Hall–Kier alpha value is -3.65. The fourth-order valence-corrected chi connectivity index (χ4v) is 4.67. The third kappa shape index (κ3) is 5.60. The van der Waals surface area contributed by atoms with Crippen LogP contribution in [0.15, 0.2) is 59.1 Å². The van der Waals surface area contributed by atoms with Gasteiger partial charge < -0.3 is 35.1 Å². The number of nitriles is 1. The second kappa shape index (κ2) is 11.4. The Balaban J connectivity index is 1.34. The molecule has 2 aliphatic heterocycles. The maximum Gasteiger partial charge on any atom is 0.250 e. The molecule has 190 valence electrons. The lowest BCUT2D eigenvalue weighted by atomic mass is 9.99. The zero-order valence-corrected chi connectivity index (χ0v) is 20.4. The molecule has 4 rings (SSSR count). The number of nitrogens with two attached hydrogens (primary N) is 1. The van der Waals surface area contributed by atoms with Crippen molar-refractivity contribution in [3.63, 3.8) is 0 Å². The van der Waals surface area contributed by atoms with Crippen molar-refractivity contribution in [2.45, 2.75) is 25.0 Å². The van der Waals surface area contributed by atoms with E-state index in [0.29, 0.717) is 67.4 Å². The van der Waals surface area contributed by atoms with Crippen LogP contribution in [0.3, 0.4) is 0 Å². The van der Waals surface area contributed by atoms with Gasteiger partial charge in [-0.15, -0.1) is 0 Å². The molecule has 0 spiro atoms. The molecule has 0 bridgehead atoms. The molecule has 4 heterocycles. The van der Waals surface area contributed by atoms with Crippen LogP contribution in [0.2, 0.25) is 0 Å². The lowest BCUT2D eigenvalue weighted by Crippen LogP contribution is -2.53. The van der Waals surface area contributed by atoms with Crippen LogP contribution < -0.4 is 16.6 Å². The molecule has 2 aromatic heterocycles. The summed E-state index contributed by atoms with van der Waals surface area (Å²) >= 11 is 0. The molecule has 10 nitrogen and oxygen atoms in total. The molecule has 10 heteroatoms. The van der Waals surface area contributed by atoms with Crippen molar-refractivity contribution in [2.75, 3.05) is 39.4 Å². The Bertz CT molecular complexity index is 1290. The fourth-order valence-electron chi connectivity index (χ4n) is 4.67. The van der Waals surface area contributed by atoms with Gasteiger partial charge in [-0.1, -0.05) is 6.58 Å². The molecular weight excluding hydrogens is 460 g/mol. The highest BCUT2D eigenvalue weighted by atomic mass is 16.6. The summed E-state index contributed by atoms with van der Waals surface area (Å²) in [7, 11) is 1.70. The molecule has 2 saturated heterocycles. The van der Waals surface area contributed by atoms with Crippen molar-refractivity contribution in [2.24, 2.45) is 12.8 Å². The first-order valence-electron chi connectivity index (χ1n) is 12.0. The van der Waals surface area contributed by atoms with Gasteiger partial charge in [0.15, 0.2) is 11.5 Å². The summed E-state index contributed by atoms with van der Waals surface area (Å²) in [5.74, 6) is 1.06. The number of hydrogen-bond acceptors (Lipinski definition) is 9. The van der Waals surface area contributed by atoms with E-state index in [0.717, 1.165) is 24.1 Å². The van der Waals surface area contributed by atoms with Crippen LogP contribution in [-0.2, 0) is 22.9 Å². The summed E-state index contributed by atoms with van der Waals surface area (Å²) in [5, 5.41) is 23.8. The minimum Gasteiger partial charge on any atom is -0.486 e. The smallest absolute Gasteiger partial charge is 0.250 e. The first-order valence-corrected chi connectivity index (χ1v) is 12.0. The van der Waals surface area contributed by atoms with E-state index in [-0.39, 0.29) is 11.6 Å². The molecule has 0 aromatic carbocycles. The molecule has 36 heavy (non-hydrogen) atoms. The summed E-state index contributed by atoms with van der Waals surface area (Å²) in [5.41, 5.74) is 8.88. The first-order chi connectivity index (χ1) is 17.4. The second-order valence-corrected chi connectivity index (χ2v) is 9.02. The molecule has 2 fully saturated rings. The van der Waals surface area contributed by atoms with Gasteiger partial charge in [-0.05, 0) is 42.7 Å². The first kappa shape index (κ1) is 25.4. The number of likely N-dealkylation sites (tertiary alicyclic amines) is 1. The van der Waals surface area contributed by atoms with E-state index in [1.165, 1.54) is 12.3 Å². The van der Waals surface area contributed by atoms with E-state index in [4.69, 9.17) is 15.2 Å². The largest absolute Gasteiger partial charge is 0.486 e. The van der Waals surface area contributed by atoms with Crippen molar-refractivity contribution in [1.29, 1.82) is 5.26 Å². The van der Waals surface area contributed by atoms with Crippen LogP contribution in [0, 0.1) is 11.3 Å². The number of aryl methyl sites for hydroxylation is 1. The topological polar surface area (TPSA) is 139 Å². The number of pyridine rings is 2. The SMILES string of the molecule is C=C(/C=C1/OCCO/C1=C/N)CN[C@H]1CCN(CCc2c(C#N)cnc3ccc(=O)n(C)c23)C[C@H]1O. The molecule has 0 radical (unpaired) electrons. The van der Waals surface area contributed by atoms with Gasteiger partial charge in [-0.2, -0.15) is 5.26 Å². The number of rotatable bonds is 7. The summed E-state index contributed by atoms with van der Waals surface area (Å²) in [6.45, 7) is 7.45. The van der Waals surface area contributed by atoms with Crippen LogP contribution in [0.1, 0.15) is 17.5 Å². The Morgan fingerprint density at radius 1 is 1.39 bits per heavy atom. The number of aliphatic hydroxyl groups is 1.